The van der Waals surface area contributed by atoms with Crippen LogP contribution in [0.3, 0.4) is 0 Å². The third-order valence-electron chi connectivity index (χ3n) is 2.78. The fraction of sp³-hybridized carbons (Fsp3) is 0.188. The Morgan fingerprint density at radius 1 is 1.05 bits per heavy atom. The molecule has 0 saturated heterocycles. The number of nitrogens with zero attached hydrogens (tertiary/aromatic N) is 1. The summed E-state index contributed by atoms with van der Waals surface area (Å²) in [6.07, 6.45) is -0.525. The number of methoxy groups -OCH3 is 1. The standard InChI is InChI=1S/C16H15NO2/c1-18-16(11-17)14-7-9-15(10-8-14)19-12-13-5-3-2-4-6-13/h2-10,16H,12H2,1H3. The van der Waals surface area contributed by atoms with Crippen molar-refractivity contribution < 1.29 is 9.47 Å². The average molecular weight is 253 g/mol. The van der Waals surface area contributed by atoms with Crippen LogP contribution in [0.25, 0.3) is 0 Å². The first-order valence-corrected chi connectivity index (χ1v) is 6.02. The van der Waals surface area contributed by atoms with Gasteiger partial charge in [-0.25, -0.2) is 0 Å². The zero-order valence-electron chi connectivity index (χ0n) is 10.7. The maximum Gasteiger partial charge on any atom is 0.168 e. The second-order valence-corrected chi connectivity index (χ2v) is 4.09. The van der Waals surface area contributed by atoms with Gasteiger partial charge in [-0.15, -0.1) is 0 Å². The van der Waals surface area contributed by atoms with Crippen LogP contribution in [0.2, 0.25) is 0 Å². The van der Waals surface area contributed by atoms with E-state index in [1.165, 1.54) is 7.11 Å². The molecule has 2 aromatic carbocycles. The summed E-state index contributed by atoms with van der Waals surface area (Å²) in [4.78, 5) is 0. The van der Waals surface area contributed by atoms with Gasteiger partial charge in [0.2, 0.25) is 0 Å². The van der Waals surface area contributed by atoms with Crippen molar-refractivity contribution in [3.63, 3.8) is 0 Å². The lowest BCUT2D eigenvalue weighted by atomic mass is 10.1. The third-order valence-corrected chi connectivity index (χ3v) is 2.78. The molecule has 3 heteroatoms. The van der Waals surface area contributed by atoms with Gasteiger partial charge >= 0.3 is 0 Å². The van der Waals surface area contributed by atoms with Gasteiger partial charge in [0.15, 0.2) is 6.10 Å². The topological polar surface area (TPSA) is 42.2 Å². The van der Waals surface area contributed by atoms with Crippen LogP contribution in [-0.2, 0) is 11.3 Å². The lowest BCUT2D eigenvalue weighted by Crippen LogP contribution is -1.99. The summed E-state index contributed by atoms with van der Waals surface area (Å²) >= 11 is 0. The molecule has 0 heterocycles. The lowest BCUT2D eigenvalue weighted by molar-refractivity contribution is 0.148. The highest BCUT2D eigenvalue weighted by Gasteiger charge is 2.08. The molecule has 19 heavy (non-hydrogen) atoms. The van der Waals surface area contributed by atoms with E-state index >= 15 is 0 Å². The summed E-state index contributed by atoms with van der Waals surface area (Å²) in [5, 5.41) is 8.89. The van der Waals surface area contributed by atoms with Crippen molar-refractivity contribution in [1.29, 1.82) is 5.26 Å². The molecule has 0 spiro atoms. The van der Waals surface area contributed by atoms with Gasteiger partial charge in [0.05, 0.1) is 6.07 Å². The first kappa shape index (κ1) is 13.1. The van der Waals surface area contributed by atoms with Gasteiger partial charge in [0.1, 0.15) is 12.4 Å². The molecular weight excluding hydrogens is 238 g/mol. The highest BCUT2D eigenvalue weighted by Crippen LogP contribution is 2.20. The minimum atomic E-state index is -0.525. The summed E-state index contributed by atoms with van der Waals surface area (Å²) < 4.78 is 10.7. The van der Waals surface area contributed by atoms with E-state index < -0.39 is 6.10 Å². The molecule has 96 valence electrons. The first-order valence-electron chi connectivity index (χ1n) is 6.02. The quantitative estimate of drug-likeness (QED) is 0.819. The zero-order valence-corrected chi connectivity index (χ0v) is 10.7. The van der Waals surface area contributed by atoms with Gasteiger partial charge < -0.3 is 9.47 Å². The molecule has 1 atom stereocenters. The molecule has 0 aliphatic rings. The van der Waals surface area contributed by atoms with E-state index in [2.05, 4.69) is 6.07 Å². The lowest BCUT2D eigenvalue weighted by Gasteiger charge is -2.09. The van der Waals surface area contributed by atoms with E-state index in [4.69, 9.17) is 14.7 Å². The molecule has 0 saturated carbocycles. The third kappa shape index (κ3) is 3.57. The van der Waals surface area contributed by atoms with E-state index in [0.29, 0.717) is 6.61 Å². The monoisotopic (exact) mass is 253 g/mol. The molecule has 0 aromatic heterocycles. The molecule has 3 nitrogen and oxygen atoms in total. The maximum absolute atomic E-state index is 8.89. The zero-order chi connectivity index (χ0) is 13.5. The van der Waals surface area contributed by atoms with E-state index in [0.717, 1.165) is 16.9 Å². The second-order valence-electron chi connectivity index (χ2n) is 4.09. The number of hydrogen-bond donors (Lipinski definition) is 0. The van der Waals surface area contributed by atoms with Gasteiger partial charge in [-0.2, -0.15) is 5.26 Å². The number of benzene rings is 2. The summed E-state index contributed by atoms with van der Waals surface area (Å²) in [5.41, 5.74) is 1.95. The fourth-order valence-corrected chi connectivity index (χ4v) is 1.74. The van der Waals surface area contributed by atoms with E-state index in [1.807, 2.05) is 54.6 Å². The van der Waals surface area contributed by atoms with Gasteiger partial charge in [-0.05, 0) is 23.3 Å². The molecule has 0 N–H and O–H groups in total. The summed E-state index contributed by atoms with van der Waals surface area (Å²) in [6, 6.07) is 19.5. The molecule has 0 aliphatic heterocycles. The van der Waals surface area contributed by atoms with Gasteiger partial charge in [0, 0.05) is 7.11 Å². The van der Waals surface area contributed by atoms with E-state index in [9.17, 15) is 0 Å². The van der Waals surface area contributed by atoms with Crippen LogP contribution in [0.1, 0.15) is 17.2 Å². The Morgan fingerprint density at radius 3 is 2.32 bits per heavy atom. The molecular formula is C16H15NO2. The number of nitriles is 1. The first-order chi connectivity index (χ1) is 9.33. The molecule has 0 fully saturated rings. The molecule has 0 radical (unpaired) electrons. The molecule has 0 bridgehead atoms. The van der Waals surface area contributed by atoms with Crippen molar-refractivity contribution in [3.05, 3.63) is 65.7 Å². The van der Waals surface area contributed by atoms with Crippen molar-refractivity contribution in [2.45, 2.75) is 12.7 Å². The van der Waals surface area contributed by atoms with Gasteiger partial charge in [-0.3, -0.25) is 0 Å². The number of ether oxygens (including phenoxy) is 2. The van der Waals surface area contributed by atoms with Crippen molar-refractivity contribution in [2.24, 2.45) is 0 Å². The predicted molar refractivity (Wildman–Crippen MR) is 72.6 cm³/mol. The molecule has 2 aromatic rings. The van der Waals surface area contributed by atoms with Crippen molar-refractivity contribution in [1.82, 2.24) is 0 Å². The smallest absolute Gasteiger partial charge is 0.168 e. The Bertz CT molecular complexity index is 543. The van der Waals surface area contributed by atoms with Gasteiger partial charge in [-0.1, -0.05) is 42.5 Å². The van der Waals surface area contributed by atoms with Crippen molar-refractivity contribution in [2.75, 3.05) is 7.11 Å². The van der Waals surface area contributed by atoms with E-state index in [1.54, 1.807) is 0 Å². The van der Waals surface area contributed by atoms with E-state index in [-0.39, 0.29) is 0 Å². The summed E-state index contributed by atoms with van der Waals surface area (Å²) in [6.45, 7) is 0.534. The summed E-state index contributed by atoms with van der Waals surface area (Å²) in [7, 11) is 1.52. The number of hydrogen-bond acceptors (Lipinski definition) is 3. The fourth-order valence-electron chi connectivity index (χ4n) is 1.74. The largest absolute Gasteiger partial charge is 0.489 e. The molecule has 0 aliphatic carbocycles. The highest BCUT2D eigenvalue weighted by atomic mass is 16.5. The summed E-state index contributed by atoms with van der Waals surface area (Å²) in [5.74, 6) is 0.778. The van der Waals surface area contributed by atoms with Crippen molar-refractivity contribution >= 4 is 0 Å². The van der Waals surface area contributed by atoms with Crippen LogP contribution in [0.5, 0.6) is 5.75 Å². The second kappa shape index (κ2) is 6.58. The van der Waals surface area contributed by atoms with Crippen LogP contribution < -0.4 is 4.74 Å². The molecule has 2 rings (SSSR count). The Kier molecular flexibility index (Phi) is 4.54. The minimum absolute atomic E-state index is 0.525. The van der Waals surface area contributed by atoms with Gasteiger partial charge in [0.25, 0.3) is 0 Å². The highest BCUT2D eigenvalue weighted by molar-refractivity contribution is 5.31. The normalized spacial score (nSPS) is 11.6. The Hall–Kier alpha value is -2.31. The Labute approximate surface area is 113 Å². The van der Waals surface area contributed by atoms with Crippen molar-refractivity contribution in [3.8, 4) is 11.8 Å². The Balaban J connectivity index is 1.98. The number of rotatable bonds is 5. The SMILES string of the molecule is COC(C#N)c1ccc(OCc2ccccc2)cc1. The molecule has 1 unspecified atom stereocenters. The molecule has 0 amide bonds. The average Bonchev–Trinajstić information content (AvgIpc) is 2.49. The van der Waals surface area contributed by atoms with Crippen LogP contribution in [0, 0.1) is 11.3 Å². The van der Waals surface area contributed by atoms with Crippen LogP contribution >= 0.6 is 0 Å². The van der Waals surface area contributed by atoms with Crippen LogP contribution in [0.15, 0.2) is 54.6 Å². The minimum Gasteiger partial charge on any atom is -0.489 e. The predicted octanol–water partition coefficient (Wildman–Crippen LogP) is 3.48. The van der Waals surface area contributed by atoms with Crippen LogP contribution in [0.4, 0.5) is 0 Å². The van der Waals surface area contributed by atoms with Crippen LogP contribution in [-0.4, -0.2) is 7.11 Å². The Morgan fingerprint density at radius 2 is 1.74 bits per heavy atom. The maximum atomic E-state index is 8.89.